The number of nitrogens with one attached hydrogen (secondary N) is 3. The summed E-state index contributed by atoms with van der Waals surface area (Å²) in [6, 6.07) is 14.3. The Hall–Kier alpha value is -2.86. The molecule has 2 aromatic carbocycles. The van der Waals surface area contributed by atoms with Gasteiger partial charge in [-0.05, 0) is 67.7 Å². The summed E-state index contributed by atoms with van der Waals surface area (Å²) in [6.07, 6.45) is 1.72. The fourth-order valence-electron chi connectivity index (χ4n) is 2.05. The van der Waals surface area contributed by atoms with E-state index in [1.54, 1.807) is 30.3 Å². The number of amides is 1. The molecule has 0 radical (unpaired) electrons. The quantitative estimate of drug-likeness (QED) is 0.521. The van der Waals surface area contributed by atoms with Crippen molar-refractivity contribution in [2.24, 2.45) is 0 Å². The number of ether oxygens (including phenoxy) is 1. The Morgan fingerprint density at radius 3 is 2.28 bits per heavy atom. The summed E-state index contributed by atoms with van der Waals surface area (Å²) >= 11 is 5.14. The number of rotatable bonds is 7. The van der Waals surface area contributed by atoms with Gasteiger partial charge < -0.3 is 20.7 Å². The van der Waals surface area contributed by atoms with Crippen molar-refractivity contribution in [3.63, 3.8) is 0 Å². The van der Waals surface area contributed by atoms with Crippen LogP contribution in [0.15, 0.2) is 61.2 Å². The minimum absolute atomic E-state index is 0.178. The van der Waals surface area contributed by atoms with Gasteiger partial charge in [-0.15, -0.1) is 6.58 Å². The smallest absolute Gasteiger partial charge is 0.255 e. The van der Waals surface area contributed by atoms with E-state index in [0.29, 0.717) is 29.5 Å². The summed E-state index contributed by atoms with van der Waals surface area (Å²) in [7, 11) is 0. The highest BCUT2D eigenvalue weighted by molar-refractivity contribution is 7.80. The second kappa shape index (κ2) is 9.44. The third-order valence-corrected chi connectivity index (χ3v) is 3.48. The molecule has 0 fully saturated rings. The van der Waals surface area contributed by atoms with E-state index in [1.165, 1.54) is 0 Å². The minimum Gasteiger partial charge on any atom is -0.494 e. The normalized spacial score (nSPS) is 9.80. The van der Waals surface area contributed by atoms with Crippen LogP contribution in [-0.4, -0.2) is 24.2 Å². The maximum Gasteiger partial charge on any atom is 0.255 e. The maximum atomic E-state index is 12.3. The van der Waals surface area contributed by atoms with Gasteiger partial charge in [-0.3, -0.25) is 4.79 Å². The van der Waals surface area contributed by atoms with Gasteiger partial charge in [0.1, 0.15) is 5.75 Å². The second-order valence-electron chi connectivity index (χ2n) is 5.11. The van der Waals surface area contributed by atoms with Crippen LogP contribution in [0.3, 0.4) is 0 Å². The molecular formula is C19H21N3O2S. The molecule has 5 nitrogen and oxygen atoms in total. The van der Waals surface area contributed by atoms with Crippen LogP contribution in [0, 0.1) is 0 Å². The first-order chi connectivity index (χ1) is 12.1. The molecule has 0 saturated heterocycles. The van der Waals surface area contributed by atoms with Crippen molar-refractivity contribution in [2.75, 3.05) is 23.8 Å². The molecule has 2 rings (SSSR count). The fourth-order valence-corrected chi connectivity index (χ4v) is 2.25. The summed E-state index contributed by atoms with van der Waals surface area (Å²) in [4.78, 5) is 12.3. The van der Waals surface area contributed by atoms with Crippen molar-refractivity contribution in [1.29, 1.82) is 0 Å². The molecule has 0 atom stereocenters. The van der Waals surface area contributed by atoms with Crippen molar-refractivity contribution in [3.8, 4) is 5.75 Å². The number of carbonyl (C=O) groups is 1. The van der Waals surface area contributed by atoms with Gasteiger partial charge in [-0.25, -0.2) is 0 Å². The standard InChI is InChI=1S/C19H21N3O2S/c1-3-13-20-19(25)22-16-7-5-14(6-8-16)18(23)21-15-9-11-17(12-10-15)24-4-2/h3,5-12H,1,4,13H2,2H3,(H,21,23)(H2,20,22,25). The zero-order chi connectivity index (χ0) is 18.1. The molecule has 0 heterocycles. The summed E-state index contributed by atoms with van der Waals surface area (Å²) in [5.74, 6) is 0.597. The van der Waals surface area contributed by atoms with Gasteiger partial charge in [0.2, 0.25) is 0 Å². The molecule has 130 valence electrons. The summed E-state index contributed by atoms with van der Waals surface area (Å²) in [5, 5.41) is 9.37. The van der Waals surface area contributed by atoms with E-state index < -0.39 is 0 Å². The molecule has 0 unspecified atom stereocenters. The minimum atomic E-state index is -0.178. The van der Waals surface area contributed by atoms with Crippen LogP contribution in [0.5, 0.6) is 5.75 Å². The Balaban J connectivity index is 1.93. The summed E-state index contributed by atoms with van der Waals surface area (Å²) in [5.41, 5.74) is 2.08. The van der Waals surface area contributed by atoms with Crippen molar-refractivity contribution in [3.05, 3.63) is 66.7 Å². The number of hydrogen-bond acceptors (Lipinski definition) is 3. The van der Waals surface area contributed by atoms with E-state index >= 15 is 0 Å². The highest BCUT2D eigenvalue weighted by Gasteiger charge is 2.06. The molecule has 0 bridgehead atoms. The van der Waals surface area contributed by atoms with E-state index in [2.05, 4.69) is 22.5 Å². The van der Waals surface area contributed by atoms with Crippen molar-refractivity contribution in [2.45, 2.75) is 6.92 Å². The van der Waals surface area contributed by atoms with E-state index in [4.69, 9.17) is 17.0 Å². The molecule has 6 heteroatoms. The molecule has 3 N–H and O–H groups in total. The average Bonchev–Trinajstić information content (AvgIpc) is 2.62. The maximum absolute atomic E-state index is 12.3. The van der Waals surface area contributed by atoms with Gasteiger partial charge in [0.15, 0.2) is 5.11 Å². The summed E-state index contributed by atoms with van der Waals surface area (Å²) < 4.78 is 5.38. The first kappa shape index (κ1) is 18.5. The van der Waals surface area contributed by atoms with Gasteiger partial charge in [-0.1, -0.05) is 6.08 Å². The molecule has 0 aliphatic rings. The summed E-state index contributed by atoms with van der Waals surface area (Å²) in [6.45, 7) is 6.75. The lowest BCUT2D eigenvalue weighted by Gasteiger charge is -2.10. The molecule has 0 spiro atoms. The third-order valence-electron chi connectivity index (χ3n) is 3.24. The Morgan fingerprint density at radius 1 is 1.08 bits per heavy atom. The van der Waals surface area contributed by atoms with Crippen LogP contribution in [0.25, 0.3) is 0 Å². The lowest BCUT2D eigenvalue weighted by atomic mass is 10.2. The lowest BCUT2D eigenvalue weighted by Crippen LogP contribution is -2.28. The molecule has 0 saturated carbocycles. The Bertz CT molecular complexity index is 727. The Kier molecular flexibility index (Phi) is 6.98. The molecule has 25 heavy (non-hydrogen) atoms. The molecule has 1 amide bonds. The van der Waals surface area contributed by atoms with Crippen LogP contribution < -0.4 is 20.7 Å². The van der Waals surface area contributed by atoms with Crippen LogP contribution in [0.2, 0.25) is 0 Å². The lowest BCUT2D eigenvalue weighted by molar-refractivity contribution is 0.102. The SMILES string of the molecule is C=CCNC(=S)Nc1ccc(C(=O)Nc2ccc(OCC)cc2)cc1. The zero-order valence-electron chi connectivity index (χ0n) is 14.0. The molecule has 0 aromatic heterocycles. The number of hydrogen-bond donors (Lipinski definition) is 3. The van der Waals surface area contributed by atoms with E-state index in [0.717, 1.165) is 11.4 Å². The number of carbonyl (C=O) groups excluding carboxylic acids is 1. The molecule has 0 aliphatic carbocycles. The van der Waals surface area contributed by atoms with Gasteiger partial charge >= 0.3 is 0 Å². The molecule has 2 aromatic rings. The highest BCUT2D eigenvalue weighted by atomic mass is 32.1. The topological polar surface area (TPSA) is 62.4 Å². The van der Waals surface area contributed by atoms with Crippen LogP contribution in [0.1, 0.15) is 17.3 Å². The second-order valence-corrected chi connectivity index (χ2v) is 5.52. The van der Waals surface area contributed by atoms with E-state index in [-0.39, 0.29) is 5.91 Å². The van der Waals surface area contributed by atoms with Crippen LogP contribution in [0.4, 0.5) is 11.4 Å². The fraction of sp³-hybridized carbons (Fsp3) is 0.158. The zero-order valence-corrected chi connectivity index (χ0v) is 14.9. The van der Waals surface area contributed by atoms with Gasteiger partial charge in [0.05, 0.1) is 6.61 Å². The molecular weight excluding hydrogens is 334 g/mol. The average molecular weight is 355 g/mol. The largest absolute Gasteiger partial charge is 0.494 e. The predicted molar refractivity (Wildman–Crippen MR) is 106 cm³/mol. The van der Waals surface area contributed by atoms with Gasteiger partial charge in [0, 0.05) is 23.5 Å². The van der Waals surface area contributed by atoms with Crippen LogP contribution in [-0.2, 0) is 0 Å². The van der Waals surface area contributed by atoms with Crippen LogP contribution >= 0.6 is 12.2 Å². The third kappa shape index (κ3) is 5.93. The van der Waals surface area contributed by atoms with E-state index in [1.807, 2.05) is 31.2 Å². The van der Waals surface area contributed by atoms with E-state index in [9.17, 15) is 4.79 Å². The van der Waals surface area contributed by atoms with Crippen molar-refractivity contribution < 1.29 is 9.53 Å². The monoisotopic (exact) mass is 355 g/mol. The first-order valence-electron chi connectivity index (χ1n) is 7.92. The molecule has 0 aliphatic heterocycles. The van der Waals surface area contributed by atoms with Crippen molar-refractivity contribution >= 4 is 34.6 Å². The number of thiocarbonyl (C=S) groups is 1. The number of benzene rings is 2. The highest BCUT2D eigenvalue weighted by Crippen LogP contribution is 2.17. The predicted octanol–water partition coefficient (Wildman–Crippen LogP) is 3.81. The van der Waals surface area contributed by atoms with Gasteiger partial charge in [-0.2, -0.15) is 0 Å². The van der Waals surface area contributed by atoms with Gasteiger partial charge in [0.25, 0.3) is 5.91 Å². The number of anilines is 2. The Morgan fingerprint density at radius 2 is 1.68 bits per heavy atom. The Labute approximate surface area is 153 Å². The first-order valence-corrected chi connectivity index (χ1v) is 8.33. The van der Waals surface area contributed by atoms with Crippen molar-refractivity contribution in [1.82, 2.24) is 5.32 Å².